The highest BCUT2D eigenvalue weighted by Gasteiger charge is 2.51. The van der Waals surface area contributed by atoms with Gasteiger partial charge in [0, 0.05) is 52.0 Å². The van der Waals surface area contributed by atoms with E-state index in [1.54, 1.807) is 0 Å². The highest BCUT2D eigenvalue weighted by molar-refractivity contribution is 7.06. The monoisotopic (exact) mass is 438 g/mol. The second-order valence-corrected chi connectivity index (χ2v) is 8.86. The smallest absolute Gasteiger partial charge is 0.303 e. The Kier molecular flexibility index (Phi) is 5.22. The molecular weight excluding hydrogens is 431 g/mol. The van der Waals surface area contributed by atoms with E-state index in [-0.39, 0.29) is 36.4 Å². The second kappa shape index (κ2) is 7.23. The average Bonchev–Trinajstić information content (AvgIpc) is 2.51. The maximum atomic E-state index is 14.4. The standard InChI is InChI=1S/C18H7F9OSi/c19-7-1-10(22)16(11(23)2-7)29(28,17-12(24)3-8(20)4-13(17)25)18-14(26)5-9(21)6-15(18)27/h1-6,28H. The summed E-state index contributed by atoms with van der Waals surface area (Å²) in [4.78, 5) is 11.1. The Morgan fingerprint density at radius 2 is 0.586 bits per heavy atom. The van der Waals surface area contributed by atoms with Crippen molar-refractivity contribution in [2.45, 2.75) is 0 Å². The summed E-state index contributed by atoms with van der Waals surface area (Å²) in [5.74, 6) is -16.0. The number of rotatable bonds is 3. The predicted molar refractivity (Wildman–Crippen MR) is 85.8 cm³/mol. The molecular formula is C18H7F9OSi. The Morgan fingerprint density at radius 1 is 0.414 bits per heavy atom. The molecule has 3 aromatic rings. The molecule has 152 valence electrons. The first kappa shape index (κ1) is 20.9. The zero-order valence-corrected chi connectivity index (χ0v) is 14.8. The molecule has 0 bridgehead atoms. The fourth-order valence-corrected chi connectivity index (χ4v) is 6.30. The molecule has 0 aliphatic rings. The van der Waals surface area contributed by atoms with Crippen LogP contribution >= 0.6 is 0 Å². The molecule has 0 unspecified atom stereocenters. The van der Waals surface area contributed by atoms with Crippen LogP contribution < -0.4 is 15.6 Å². The summed E-state index contributed by atoms with van der Waals surface area (Å²) in [7, 11) is -5.96. The molecule has 0 aliphatic carbocycles. The topological polar surface area (TPSA) is 20.2 Å². The van der Waals surface area contributed by atoms with Gasteiger partial charge >= 0.3 is 8.32 Å². The maximum absolute atomic E-state index is 14.4. The van der Waals surface area contributed by atoms with Crippen molar-refractivity contribution in [1.82, 2.24) is 0 Å². The van der Waals surface area contributed by atoms with Crippen molar-refractivity contribution < 1.29 is 44.3 Å². The normalized spacial score (nSPS) is 11.8. The van der Waals surface area contributed by atoms with Gasteiger partial charge in [-0.3, -0.25) is 0 Å². The lowest BCUT2D eigenvalue weighted by molar-refractivity contribution is 0.516. The SMILES string of the molecule is O[Si](c1c(F)cc(F)cc1F)(c1c(F)cc(F)cc1F)c1c(F)cc(F)cc1F. The molecule has 1 N–H and O–H groups in total. The number of hydrogen-bond donors (Lipinski definition) is 1. The summed E-state index contributed by atoms with van der Waals surface area (Å²) in [5.41, 5.74) is 0. The minimum Gasteiger partial charge on any atom is -0.420 e. The van der Waals surface area contributed by atoms with E-state index in [2.05, 4.69) is 0 Å². The first-order valence-corrected chi connectivity index (χ1v) is 9.59. The third kappa shape index (κ3) is 3.40. The van der Waals surface area contributed by atoms with Crippen molar-refractivity contribution in [3.05, 3.63) is 88.8 Å². The highest BCUT2D eigenvalue weighted by atomic mass is 28.4. The van der Waals surface area contributed by atoms with Gasteiger partial charge in [-0.1, -0.05) is 0 Å². The quantitative estimate of drug-likeness (QED) is 0.379. The zero-order chi connectivity index (χ0) is 21.7. The van der Waals surface area contributed by atoms with Crippen LogP contribution in [0.25, 0.3) is 0 Å². The molecule has 11 heteroatoms. The van der Waals surface area contributed by atoms with E-state index in [4.69, 9.17) is 0 Å². The zero-order valence-electron chi connectivity index (χ0n) is 13.8. The Balaban J connectivity index is 2.55. The summed E-state index contributed by atoms with van der Waals surface area (Å²) in [5, 5.41) is -4.90. The van der Waals surface area contributed by atoms with Crippen LogP contribution in [0.15, 0.2) is 36.4 Å². The molecule has 0 aromatic heterocycles. The molecule has 0 saturated carbocycles. The van der Waals surface area contributed by atoms with Gasteiger partial charge in [0.1, 0.15) is 52.4 Å². The van der Waals surface area contributed by atoms with Crippen molar-refractivity contribution in [3.63, 3.8) is 0 Å². The van der Waals surface area contributed by atoms with Crippen LogP contribution in [0.5, 0.6) is 0 Å². The van der Waals surface area contributed by atoms with Crippen molar-refractivity contribution in [2.75, 3.05) is 0 Å². The highest BCUT2D eigenvalue weighted by Crippen LogP contribution is 2.19. The van der Waals surface area contributed by atoms with Gasteiger partial charge in [0.05, 0.1) is 0 Å². The van der Waals surface area contributed by atoms with Gasteiger partial charge < -0.3 is 4.80 Å². The molecule has 29 heavy (non-hydrogen) atoms. The van der Waals surface area contributed by atoms with Crippen molar-refractivity contribution >= 4 is 23.9 Å². The van der Waals surface area contributed by atoms with Crippen molar-refractivity contribution in [3.8, 4) is 0 Å². The summed E-state index contributed by atoms with van der Waals surface area (Å²) in [6, 6.07) is 0.0539. The van der Waals surface area contributed by atoms with E-state index >= 15 is 0 Å². The third-order valence-electron chi connectivity index (χ3n) is 4.11. The van der Waals surface area contributed by atoms with Gasteiger partial charge in [0.2, 0.25) is 0 Å². The van der Waals surface area contributed by atoms with Gasteiger partial charge in [-0.2, -0.15) is 0 Å². The van der Waals surface area contributed by atoms with Crippen LogP contribution in [0.1, 0.15) is 0 Å². The van der Waals surface area contributed by atoms with Crippen molar-refractivity contribution in [2.24, 2.45) is 0 Å². The minimum absolute atomic E-state index is 0.00898. The fraction of sp³-hybridized carbons (Fsp3) is 0. The summed E-state index contributed by atoms with van der Waals surface area (Å²) < 4.78 is 126. The molecule has 1 nitrogen and oxygen atoms in total. The lowest BCUT2D eigenvalue weighted by Gasteiger charge is -2.29. The first-order valence-electron chi connectivity index (χ1n) is 7.64. The number of benzene rings is 3. The summed E-state index contributed by atoms with van der Waals surface area (Å²) >= 11 is 0. The molecule has 0 aliphatic heterocycles. The molecule has 0 radical (unpaired) electrons. The Bertz CT molecular complexity index is 924. The van der Waals surface area contributed by atoms with Crippen LogP contribution in [0, 0.1) is 52.4 Å². The molecule has 0 fully saturated rings. The molecule has 3 aromatic carbocycles. The average molecular weight is 438 g/mol. The van der Waals surface area contributed by atoms with Gasteiger partial charge in [0.15, 0.2) is 0 Å². The van der Waals surface area contributed by atoms with E-state index in [0.717, 1.165) is 0 Å². The van der Waals surface area contributed by atoms with Crippen LogP contribution in [0.3, 0.4) is 0 Å². The number of hydrogen-bond acceptors (Lipinski definition) is 1. The molecule has 0 atom stereocenters. The van der Waals surface area contributed by atoms with E-state index in [1.807, 2.05) is 0 Å². The van der Waals surface area contributed by atoms with Crippen LogP contribution in [-0.2, 0) is 0 Å². The summed E-state index contributed by atoms with van der Waals surface area (Å²) in [6.45, 7) is 0. The van der Waals surface area contributed by atoms with Gasteiger partial charge in [-0.15, -0.1) is 0 Å². The Hall–Kier alpha value is -2.79. The van der Waals surface area contributed by atoms with Crippen molar-refractivity contribution in [1.29, 1.82) is 0 Å². The van der Waals surface area contributed by atoms with Gasteiger partial charge in [0.25, 0.3) is 0 Å². The minimum atomic E-state index is -5.96. The second-order valence-electron chi connectivity index (χ2n) is 5.94. The lowest BCUT2D eigenvalue weighted by atomic mass is 10.3. The van der Waals surface area contributed by atoms with E-state index in [9.17, 15) is 44.3 Å². The van der Waals surface area contributed by atoms with E-state index in [1.165, 1.54) is 0 Å². The molecule has 0 amide bonds. The first-order chi connectivity index (χ1) is 13.5. The largest absolute Gasteiger partial charge is 0.420 e. The molecule has 0 spiro atoms. The molecule has 0 heterocycles. The lowest BCUT2D eigenvalue weighted by Crippen LogP contribution is -2.72. The van der Waals surface area contributed by atoms with Crippen LogP contribution in [-0.4, -0.2) is 13.1 Å². The third-order valence-corrected chi connectivity index (χ3v) is 7.71. The molecule has 0 saturated heterocycles. The van der Waals surface area contributed by atoms with Gasteiger partial charge in [-0.25, -0.2) is 39.5 Å². The Labute approximate surface area is 157 Å². The van der Waals surface area contributed by atoms with Gasteiger partial charge in [-0.05, 0) is 0 Å². The van der Waals surface area contributed by atoms with Crippen LogP contribution in [0.4, 0.5) is 39.5 Å². The predicted octanol–water partition coefficient (Wildman–Crippen LogP) is 2.90. The van der Waals surface area contributed by atoms with E-state index in [0.29, 0.717) is 0 Å². The molecule has 3 rings (SSSR count). The van der Waals surface area contributed by atoms with Crippen LogP contribution in [0.2, 0.25) is 0 Å². The fourth-order valence-electron chi connectivity index (χ4n) is 3.04. The summed E-state index contributed by atoms with van der Waals surface area (Å²) in [6.07, 6.45) is 0. The number of halogens is 9. The maximum Gasteiger partial charge on any atom is 0.303 e. The Morgan fingerprint density at radius 3 is 0.759 bits per heavy atom. The van der Waals surface area contributed by atoms with E-state index < -0.39 is 76.2 Å².